The predicted octanol–water partition coefficient (Wildman–Crippen LogP) is 3.28. The maximum Gasteiger partial charge on any atom is 0.241 e. The molecule has 0 bridgehead atoms. The van der Waals surface area contributed by atoms with Gasteiger partial charge in [-0.15, -0.1) is 0 Å². The summed E-state index contributed by atoms with van der Waals surface area (Å²) in [6.45, 7) is 14.0. The molecule has 0 heterocycles. The van der Waals surface area contributed by atoms with Crippen molar-refractivity contribution in [3.05, 3.63) is 28.8 Å². The van der Waals surface area contributed by atoms with Crippen molar-refractivity contribution in [2.75, 3.05) is 18.4 Å². The summed E-state index contributed by atoms with van der Waals surface area (Å²) in [5.41, 5.74) is 4.43. The number of amides is 1. The van der Waals surface area contributed by atoms with E-state index in [9.17, 15) is 4.79 Å². The van der Waals surface area contributed by atoms with Crippen molar-refractivity contribution in [1.82, 2.24) is 4.90 Å². The van der Waals surface area contributed by atoms with Gasteiger partial charge in [-0.1, -0.05) is 31.5 Å². The topological polar surface area (TPSA) is 32.3 Å². The molecule has 0 spiro atoms. The van der Waals surface area contributed by atoms with E-state index in [0.29, 0.717) is 0 Å². The van der Waals surface area contributed by atoms with Gasteiger partial charge in [0.1, 0.15) is 0 Å². The second-order valence-electron chi connectivity index (χ2n) is 5.16. The highest BCUT2D eigenvalue weighted by molar-refractivity contribution is 5.95. The zero-order chi connectivity index (χ0) is 14.6. The van der Waals surface area contributed by atoms with Crippen LogP contribution in [0.25, 0.3) is 0 Å². The number of anilines is 1. The number of aryl methyl sites for hydroxylation is 3. The number of carbonyl (C=O) groups is 1. The fourth-order valence-electron chi connectivity index (χ4n) is 2.54. The molecule has 1 aromatic carbocycles. The molecule has 19 heavy (non-hydrogen) atoms. The van der Waals surface area contributed by atoms with Gasteiger partial charge in [0.25, 0.3) is 0 Å². The number of carbonyl (C=O) groups excluding carboxylic acids is 1. The Balaban J connectivity index is 2.88. The lowest BCUT2D eigenvalue weighted by Gasteiger charge is -2.26. The molecule has 0 aromatic heterocycles. The lowest BCUT2D eigenvalue weighted by Crippen LogP contribution is -2.42. The van der Waals surface area contributed by atoms with Gasteiger partial charge < -0.3 is 5.32 Å². The van der Waals surface area contributed by atoms with Crippen LogP contribution in [0.1, 0.15) is 37.5 Å². The number of nitrogens with zero attached hydrogens (tertiary/aromatic N) is 1. The maximum atomic E-state index is 12.3. The average molecular weight is 262 g/mol. The molecular formula is C16H26N2O. The van der Waals surface area contributed by atoms with E-state index < -0.39 is 0 Å². The fraction of sp³-hybridized carbons (Fsp3) is 0.562. The van der Waals surface area contributed by atoms with Crippen molar-refractivity contribution in [3.8, 4) is 0 Å². The van der Waals surface area contributed by atoms with Crippen molar-refractivity contribution in [3.63, 3.8) is 0 Å². The van der Waals surface area contributed by atoms with E-state index in [1.807, 2.05) is 20.8 Å². The predicted molar refractivity (Wildman–Crippen MR) is 81.7 cm³/mol. The Bertz CT molecular complexity index is 427. The Labute approximate surface area is 117 Å². The van der Waals surface area contributed by atoms with Gasteiger partial charge in [-0.25, -0.2) is 0 Å². The zero-order valence-corrected chi connectivity index (χ0v) is 13.0. The van der Waals surface area contributed by atoms with Crippen LogP contribution in [0, 0.1) is 20.8 Å². The molecular weight excluding hydrogens is 236 g/mol. The van der Waals surface area contributed by atoms with Crippen molar-refractivity contribution < 1.29 is 4.79 Å². The molecule has 106 valence electrons. The minimum atomic E-state index is -0.102. The van der Waals surface area contributed by atoms with E-state index in [4.69, 9.17) is 0 Å². The first-order valence-corrected chi connectivity index (χ1v) is 7.03. The highest BCUT2D eigenvalue weighted by Gasteiger charge is 2.19. The lowest BCUT2D eigenvalue weighted by atomic mass is 10.0. The monoisotopic (exact) mass is 262 g/mol. The highest BCUT2D eigenvalue weighted by atomic mass is 16.2. The van der Waals surface area contributed by atoms with Crippen molar-refractivity contribution in [1.29, 1.82) is 0 Å². The molecule has 1 aromatic rings. The Kier molecular flexibility index (Phi) is 5.55. The molecule has 3 nitrogen and oxygen atoms in total. The van der Waals surface area contributed by atoms with Crippen LogP contribution in [0.2, 0.25) is 0 Å². The van der Waals surface area contributed by atoms with Gasteiger partial charge in [-0.05, 0) is 51.9 Å². The Morgan fingerprint density at radius 2 is 1.63 bits per heavy atom. The molecule has 3 heteroatoms. The normalized spacial score (nSPS) is 12.6. The van der Waals surface area contributed by atoms with E-state index in [2.05, 4.69) is 43.1 Å². The molecule has 0 radical (unpaired) electrons. The molecule has 0 saturated heterocycles. The summed E-state index contributed by atoms with van der Waals surface area (Å²) in [6.07, 6.45) is 0. The largest absolute Gasteiger partial charge is 0.324 e. The first-order valence-electron chi connectivity index (χ1n) is 7.03. The molecule has 0 aliphatic rings. The second-order valence-corrected chi connectivity index (χ2v) is 5.16. The summed E-state index contributed by atoms with van der Waals surface area (Å²) in [6, 6.07) is 4.10. The van der Waals surface area contributed by atoms with Gasteiger partial charge in [0.2, 0.25) is 5.91 Å². The van der Waals surface area contributed by atoms with Crippen molar-refractivity contribution >= 4 is 11.6 Å². The molecule has 1 atom stereocenters. The van der Waals surface area contributed by atoms with E-state index in [1.54, 1.807) is 0 Å². The van der Waals surface area contributed by atoms with E-state index in [1.165, 1.54) is 5.56 Å². The molecule has 1 unspecified atom stereocenters. The molecule has 0 aliphatic heterocycles. The van der Waals surface area contributed by atoms with Crippen LogP contribution in [-0.2, 0) is 4.79 Å². The second kappa shape index (κ2) is 6.71. The SMILES string of the molecule is CCN(CC)C(C)C(=O)Nc1c(C)cc(C)cc1C. The van der Waals surface area contributed by atoms with Crippen molar-refractivity contribution in [2.45, 2.75) is 47.6 Å². The number of hydrogen-bond donors (Lipinski definition) is 1. The minimum Gasteiger partial charge on any atom is -0.324 e. The highest BCUT2D eigenvalue weighted by Crippen LogP contribution is 2.22. The van der Waals surface area contributed by atoms with E-state index in [-0.39, 0.29) is 11.9 Å². The summed E-state index contributed by atoms with van der Waals surface area (Å²) in [5, 5.41) is 3.07. The van der Waals surface area contributed by atoms with Crippen LogP contribution >= 0.6 is 0 Å². The molecule has 1 rings (SSSR count). The summed E-state index contributed by atoms with van der Waals surface area (Å²) >= 11 is 0. The summed E-state index contributed by atoms with van der Waals surface area (Å²) in [5.74, 6) is 0.0683. The molecule has 0 saturated carbocycles. The minimum absolute atomic E-state index is 0.0683. The first-order chi connectivity index (χ1) is 8.90. The van der Waals surface area contributed by atoms with Crippen LogP contribution < -0.4 is 5.32 Å². The third-order valence-electron chi connectivity index (χ3n) is 3.66. The maximum absolute atomic E-state index is 12.3. The summed E-state index contributed by atoms with van der Waals surface area (Å²) in [7, 11) is 0. The Hall–Kier alpha value is -1.35. The number of rotatable bonds is 5. The van der Waals surface area contributed by atoms with Gasteiger partial charge in [0.05, 0.1) is 6.04 Å². The van der Waals surface area contributed by atoms with E-state index >= 15 is 0 Å². The summed E-state index contributed by atoms with van der Waals surface area (Å²) in [4.78, 5) is 14.5. The lowest BCUT2D eigenvalue weighted by molar-refractivity contribution is -0.120. The van der Waals surface area contributed by atoms with Gasteiger partial charge in [-0.2, -0.15) is 0 Å². The van der Waals surface area contributed by atoms with Crippen LogP contribution in [-0.4, -0.2) is 29.9 Å². The zero-order valence-electron chi connectivity index (χ0n) is 13.0. The van der Waals surface area contributed by atoms with Gasteiger partial charge in [0, 0.05) is 5.69 Å². The third kappa shape index (κ3) is 3.80. The van der Waals surface area contributed by atoms with Crippen LogP contribution in [0.3, 0.4) is 0 Å². The molecule has 0 aliphatic carbocycles. The first kappa shape index (κ1) is 15.7. The molecule has 1 amide bonds. The van der Waals surface area contributed by atoms with Crippen LogP contribution in [0.15, 0.2) is 12.1 Å². The number of likely N-dealkylation sites (N-methyl/N-ethyl adjacent to an activating group) is 1. The smallest absolute Gasteiger partial charge is 0.241 e. The fourth-order valence-corrected chi connectivity index (χ4v) is 2.54. The van der Waals surface area contributed by atoms with E-state index in [0.717, 1.165) is 29.9 Å². The quantitative estimate of drug-likeness (QED) is 0.883. The average Bonchev–Trinajstić information content (AvgIpc) is 2.34. The molecule has 0 fully saturated rings. The summed E-state index contributed by atoms with van der Waals surface area (Å²) < 4.78 is 0. The van der Waals surface area contributed by atoms with Crippen molar-refractivity contribution in [2.24, 2.45) is 0 Å². The number of benzene rings is 1. The van der Waals surface area contributed by atoms with Crippen LogP contribution in [0.5, 0.6) is 0 Å². The Morgan fingerprint density at radius 1 is 1.16 bits per heavy atom. The van der Waals surface area contributed by atoms with Crippen LogP contribution in [0.4, 0.5) is 5.69 Å². The Morgan fingerprint density at radius 3 is 2.05 bits per heavy atom. The van der Waals surface area contributed by atoms with Gasteiger partial charge in [0.15, 0.2) is 0 Å². The standard InChI is InChI=1S/C16H26N2O/c1-7-18(8-2)14(6)16(19)17-15-12(4)9-11(3)10-13(15)5/h9-10,14H,7-8H2,1-6H3,(H,17,19). The number of nitrogens with one attached hydrogen (secondary N) is 1. The molecule has 1 N–H and O–H groups in total. The number of hydrogen-bond acceptors (Lipinski definition) is 2. The van der Waals surface area contributed by atoms with Gasteiger partial charge >= 0.3 is 0 Å². The van der Waals surface area contributed by atoms with Gasteiger partial charge in [-0.3, -0.25) is 9.69 Å². The third-order valence-corrected chi connectivity index (χ3v) is 3.66.